The number of unbranched alkanes of at least 4 members (excludes halogenated alkanes) is 2. The first-order valence-corrected chi connectivity index (χ1v) is 6.60. The van der Waals surface area contributed by atoms with Crippen LogP contribution in [-0.4, -0.2) is 48.3 Å². The molecule has 100 valence electrons. The summed E-state index contributed by atoms with van der Waals surface area (Å²) in [4.78, 5) is 13.3. The molecule has 0 aliphatic carbocycles. The van der Waals surface area contributed by atoms with E-state index < -0.39 is 5.97 Å². The van der Waals surface area contributed by atoms with Gasteiger partial charge in [-0.05, 0) is 20.4 Å². The van der Waals surface area contributed by atoms with Crippen LogP contribution in [0.2, 0.25) is 0 Å². The summed E-state index contributed by atoms with van der Waals surface area (Å²) >= 11 is 0. The van der Waals surface area contributed by atoms with Crippen LogP contribution in [0.4, 0.5) is 0 Å². The van der Waals surface area contributed by atoms with E-state index in [1.807, 2.05) is 7.05 Å². The van der Waals surface area contributed by atoms with E-state index >= 15 is 0 Å². The molecule has 1 N–H and O–H groups in total. The van der Waals surface area contributed by atoms with Crippen molar-refractivity contribution in [2.75, 3.05) is 20.3 Å². The van der Waals surface area contributed by atoms with E-state index in [4.69, 9.17) is 9.84 Å². The van der Waals surface area contributed by atoms with Crippen molar-refractivity contribution in [2.45, 2.75) is 51.6 Å². The van der Waals surface area contributed by atoms with Crippen LogP contribution in [0.1, 0.15) is 39.5 Å². The van der Waals surface area contributed by atoms with E-state index in [2.05, 4.69) is 18.7 Å². The van der Waals surface area contributed by atoms with E-state index in [-0.39, 0.29) is 12.0 Å². The Labute approximate surface area is 104 Å². The number of likely N-dealkylation sites (N-methyl/N-ethyl adjacent to an activating group) is 1. The minimum atomic E-state index is -0.736. The minimum Gasteiger partial charge on any atom is -0.481 e. The summed E-state index contributed by atoms with van der Waals surface area (Å²) in [7, 11) is 2.02. The lowest BCUT2D eigenvalue weighted by molar-refractivity contribution is -0.143. The highest BCUT2D eigenvalue weighted by Gasteiger charge is 2.37. The molecule has 4 nitrogen and oxygen atoms in total. The maximum absolute atomic E-state index is 11.1. The number of hydrogen-bond donors (Lipinski definition) is 1. The lowest BCUT2D eigenvalue weighted by Crippen LogP contribution is -2.45. The molecule has 3 atom stereocenters. The van der Waals surface area contributed by atoms with Gasteiger partial charge in [0.05, 0.1) is 19.1 Å². The molecule has 0 radical (unpaired) electrons. The van der Waals surface area contributed by atoms with Gasteiger partial charge in [0.25, 0.3) is 0 Å². The minimum absolute atomic E-state index is 0.0316. The van der Waals surface area contributed by atoms with Crippen molar-refractivity contribution >= 4 is 5.97 Å². The fourth-order valence-electron chi connectivity index (χ4n) is 2.40. The zero-order valence-corrected chi connectivity index (χ0v) is 11.2. The molecule has 3 unspecified atom stereocenters. The third-order valence-corrected chi connectivity index (χ3v) is 3.81. The highest BCUT2D eigenvalue weighted by Crippen LogP contribution is 2.22. The summed E-state index contributed by atoms with van der Waals surface area (Å²) < 4.78 is 5.31. The van der Waals surface area contributed by atoms with E-state index in [1.165, 1.54) is 19.3 Å². The van der Waals surface area contributed by atoms with Crippen LogP contribution in [0.3, 0.4) is 0 Å². The molecule has 1 saturated heterocycles. The molecular weight excluding hydrogens is 218 g/mol. The molecule has 0 spiro atoms. The molecule has 0 aromatic rings. The van der Waals surface area contributed by atoms with Crippen molar-refractivity contribution in [3.05, 3.63) is 0 Å². The van der Waals surface area contributed by atoms with Crippen molar-refractivity contribution < 1.29 is 14.6 Å². The van der Waals surface area contributed by atoms with Crippen LogP contribution in [0.15, 0.2) is 0 Å². The van der Waals surface area contributed by atoms with Gasteiger partial charge in [0.1, 0.15) is 0 Å². The van der Waals surface area contributed by atoms with Crippen LogP contribution in [0.25, 0.3) is 0 Å². The quantitative estimate of drug-likeness (QED) is 0.695. The number of hydrogen-bond acceptors (Lipinski definition) is 3. The van der Waals surface area contributed by atoms with Gasteiger partial charge in [-0.1, -0.05) is 26.2 Å². The van der Waals surface area contributed by atoms with Gasteiger partial charge in [0.2, 0.25) is 0 Å². The third kappa shape index (κ3) is 3.96. The Morgan fingerprint density at radius 2 is 2.18 bits per heavy atom. The Morgan fingerprint density at radius 3 is 2.76 bits per heavy atom. The van der Waals surface area contributed by atoms with Crippen molar-refractivity contribution in [1.29, 1.82) is 0 Å². The molecule has 1 aliphatic heterocycles. The molecule has 0 saturated carbocycles. The van der Waals surface area contributed by atoms with Gasteiger partial charge in [-0.25, -0.2) is 0 Å². The predicted octanol–water partition coefficient (Wildman–Crippen LogP) is 1.99. The first-order valence-electron chi connectivity index (χ1n) is 6.60. The van der Waals surface area contributed by atoms with Gasteiger partial charge in [-0.3, -0.25) is 9.69 Å². The van der Waals surface area contributed by atoms with Crippen molar-refractivity contribution in [3.8, 4) is 0 Å². The Balaban J connectivity index is 2.44. The number of carboxylic acid groups (broad SMARTS) is 1. The zero-order chi connectivity index (χ0) is 12.8. The lowest BCUT2D eigenvalue weighted by Gasteiger charge is -2.32. The summed E-state index contributed by atoms with van der Waals surface area (Å²) in [5.41, 5.74) is 0. The van der Waals surface area contributed by atoms with Crippen LogP contribution < -0.4 is 0 Å². The number of nitrogens with zero attached hydrogens (tertiary/aromatic N) is 1. The maximum Gasteiger partial charge on any atom is 0.310 e. The fourth-order valence-corrected chi connectivity index (χ4v) is 2.40. The summed E-state index contributed by atoms with van der Waals surface area (Å²) in [5.74, 6) is -1.10. The van der Waals surface area contributed by atoms with E-state index in [1.54, 1.807) is 0 Å². The van der Waals surface area contributed by atoms with Gasteiger partial charge < -0.3 is 9.84 Å². The number of rotatable bonds is 7. The number of aliphatic carboxylic acids is 1. The monoisotopic (exact) mass is 243 g/mol. The molecule has 0 aromatic heterocycles. The Morgan fingerprint density at radius 1 is 1.47 bits per heavy atom. The second-order valence-electron chi connectivity index (χ2n) is 5.06. The molecule has 1 rings (SSSR count). The number of carbonyl (C=O) groups is 1. The largest absolute Gasteiger partial charge is 0.481 e. The topological polar surface area (TPSA) is 49.8 Å². The second kappa shape index (κ2) is 6.97. The van der Waals surface area contributed by atoms with Crippen LogP contribution >= 0.6 is 0 Å². The third-order valence-electron chi connectivity index (χ3n) is 3.81. The summed E-state index contributed by atoms with van der Waals surface area (Å²) in [6.45, 7) is 5.27. The van der Waals surface area contributed by atoms with Crippen molar-refractivity contribution in [3.63, 3.8) is 0 Å². The standard InChI is InChI=1S/C13H25NO3/c1-4-5-6-7-10(2)14(3)12-9-17-8-11(12)13(15)16/h10-12H,4-9H2,1-3H3,(H,15,16). The summed E-state index contributed by atoms with van der Waals surface area (Å²) in [6, 6.07) is 0.458. The Kier molecular flexibility index (Phi) is 5.92. The number of carboxylic acids is 1. The van der Waals surface area contributed by atoms with Crippen LogP contribution in [0.5, 0.6) is 0 Å². The van der Waals surface area contributed by atoms with Gasteiger partial charge in [-0.2, -0.15) is 0 Å². The highest BCUT2D eigenvalue weighted by atomic mass is 16.5. The van der Waals surface area contributed by atoms with E-state index in [0.717, 1.165) is 6.42 Å². The maximum atomic E-state index is 11.1. The first-order chi connectivity index (χ1) is 8.07. The molecule has 4 heteroatoms. The zero-order valence-electron chi connectivity index (χ0n) is 11.2. The van der Waals surface area contributed by atoms with Gasteiger partial charge in [0.15, 0.2) is 0 Å². The summed E-state index contributed by atoms with van der Waals surface area (Å²) in [5, 5.41) is 9.12. The molecule has 1 heterocycles. The van der Waals surface area contributed by atoms with Crippen LogP contribution in [0, 0.1) is 5.92 Å². The van der Waals surface area contributed by atoms with E-state index in [9.17, 15) is 4.79 Å². The van der Waals surface area contributed by atoms with Gasteiger partial charge >= 0.3 is 5.97 Å². The fraction of sp³-hybridized carbons (Fsp3) is 0.923. The second-order valence-corrected chi connectivity index (χ2v) is 5.06. The average molecular weight is 243 g/mol. The average Bonchev–Trinajstić information content (AvgIpc) is 2.77. The lowest BCUT2D eigenvalue weighted by atomic mass is 10.00. The molecular formula is C13H25NO3. The van der Waals surface area contributed by atoms with Crippen LogP contribution in [-0.2, 0) is 9.53 Å². The molecule has 0 aromatic carbocycles. The van der Waals surface area contributed by atoms with Crippen molar-refractivity contribution in [1.82, 2.24) is 4.90 Å². The normalized spacial score (nSPS) is 26.4. The summed E-state index contributed by atoms with van der Waals surface area (Å²) in [6.07, 6.45) is 4.82. The van der Waals surface area contributed by atoms with E-state index in [0.29, 0.717) is 19.3 Å². The Bertz CT molecular complexity index is 245. The molecule has 0 amide bonds. The smallest absolute Gasteiger partial charge is 0.310 e. The van der Waals surface area contributed by atoms with Gasteiger partial charge in [0, 0.05) is 12.1 Å². The first kappa shape index (κ1) is 14.5. The molecule has 1 fully saturated rings. The van der Waals surface area contributed by atoms with Gasteiger partial charge in [-0.15, -0.1) is 0 Å². The number of ether oxygens (including phenoxy) is 1. The van der Waals surface area contributed by atoms with Crippen molar-refractivity contribution in [2.24, 2.45) is 5.92 Å². The SMILES string of the molecule is CCCCCC(C)N(C)C1COCC1C(=O)O. The highest BCUT2D eigenvalue weighted by molar-refractivity contribution is 5.71. The Hall–Kier alpha value is -0.610. The molecule has 17 heavy (non-hydrogen) atoms. The predicted molar refractivity (Wildman–Crippen MR) is 67.1 cm³/mol. The molecule has 0 bridgehead atoms. The molecule has 1 aliphatic rings.